The summed E-state index contributed by atoms with van der Waals surface area (Å²) in [5.41, 5.74) is 4.43. The Labute approximate surface area is 90.7 Å². The lowest BCUT2D eigenvalue weighted by molar-refractivity contribution is -0.137. The second kappa shape index (κ2) is 4.81. The molecule has 0 saturated carbocycles. The lowest BCUT2D eigenvalue weighted by Gasteiger charge is -2.10. The van der Waals surface area contributed by atoms with E-state index < -0.39 is 23.6 Å². The Kier molecular flexibility index (Phi) is 4.55. The van der Waals surface area contributed by atoms with Crippen LogP contribution in [0.2, 0.25) is 0 Å². The quantitative estimate of drug-likeness (QED) is 0.753. The van der Waals surface area contributed by atoms with Gasteiger partial charge in [-0.25, -0.2) is 4.39 Å². The largest absolute Gasteiger partial charge is 0.416 e. The average Bonchev–Trinajstić information content (AvgIpc) is 2.01. The smallest absolute Gasteiger partial charge is 0.324 e. The number of benzene rings is 1. The summed E-state index contributed by atoms with van der Waals surface area (Å²) in [6, 6.07) is 1.72. The average molecular weight is 244 g/mol. The molecular formula is C9H10ClF4N. The summed E-state index contributed by atoms with van der Waals surface area (Å²) < 4.78 is 49.4. The minimum Gasteiger partial charge on any atom is -0.324 e. The molecule has 0 aliphatic heterocycles. The first-order chi connectivity index (χ1) is 6.32. The van der Waals surface area contributed by atoms with E-state index in [-0.39, 0.29) is 18.0 Å². The van der Waals surface area contributed by atoms with Crippen molar-refractivity contribution in [3.05, 3.63) is 35.1 Å². The molecule has 1 nitrogen and oxygen atoms in total. The summed E-state index contributed by atoms with van der Waals surface area (Å²) in [7, 11) is 0. The highest BCUT2D eigenvalue weighted by molar-refractivity contribution is 5.85. The maximum Gasteiger partial charge on any atom is 0.416 e. The van der Waals surface area contributed by atoms with Gasteiger partial charge in [0.15, 0.2) is 0 Å². The van der Waals surface area contributed by atoms with E-state index in [1.165, 1.54) is 6.92 Å². The van der Waals surface area contributed by atoms with Gasteiger partial charge in [-0.05, 0) is 19.1 Å². The third-order valence-corrected chi connectivity index (χ3v) is 1.82. The molecule has 0 heterocycles. The van der Waals surface area contributed by atoms with Crippen molar-refractivity contribution in [2.75, 3.05) is 0 Å². The van der Waals surface area contributed by atoms with Crippen molar-refractivity contribution in [2.45, 2.75) is 19.1 Å². The maximum atomic E-state index is 13.1. The van der Waals surface area contributed by atoms with Crippen molar-refractivity contribution in [1.29, 1.82) is 0 Å². The van der Waals surface area contributed by atoms with Gasteiger partial charge in [-0.3, -0.25) is 0 Å². The number of alkyl halides is 3. The van der Waals surface area contributed by atoms with Crippen LogP contribution < -0.4 is 5.73 Å². The molecule has 0 bridgehead atoms. The van der Waals surface area contributed by atoms with Gasteiger partial charge in [0.25, 0.3) is 0 Å². The van der Waals surface area contributed by atoms with E-state index in [1.807, 2.05) is 0 Å². The molecule has 6 heteroatoms. The molecule has 0 saturated heterocycles. The molecule has 86 valence electrons. The van der Waals surface area contributed by atoms with Gasteiger partial charge in [-0.1, -0.05) is 6.07 Å². The van der Waals surface area contributed by atoms with E-state index in [0.29, 0.717) is 6.07 Å². The number of rotatable bonds is 1. The summed E-state index contributed by atoms with van der Waals surface area (Å²) in [6.07, 6.45) is -4.52. The second-order valence-electron chi connectivity index (χ2n) is 3.02. The van der Waals surface area contributed by atoms with Crippen molar-refractivity contribution < 1.29 is 17.6 Å². The molecule has 0 fully saturated rings. The Balaban J connectivity index is 0.00000196. The monoisotopic (exact) mass is 243 g/mol. The van der Waals surface area contributed by atoms with Gasteiger partial charge in [0, 0.05) is 11.6 Å². The highest BCUT2D eigenvalue weighted by Gasteiger charge is 2.31. The molecule has 2 N–H and O–H groups in total. The summed E-state index contributed by atoms with van der Waals surface area (Å²) in [5, 5.41) is 0. The Morgan fingerprint density at radius 1 is 1.27 bits per heavy atom. The van der Waals surface area contributed by atoms with Crippen molar-refractivity contribution in [3.63, 3.8) is 0 Å². The highest BCUT2D eigenvalue weighted by atomic mass is 35.5. The normalized spacial score (nSPS) is 13.2. The summed E-state index contributed by atoms with van der Waals surface area (Å²) in [5.74, 6) is -0.921. The van der Waals surface area contributed by atoms with Crippen molar-refractivity contribution in [1.82, 2.24) is 0 Å². The molecule has 1 aromatic rings. The topological polar surface area (TPSA) is 26.0 Å². The molecule has 0 aliphatic rings. The van der Waals surface area contributed by atoms with E-state index in [0.717, 1.165) is 12.1 Å². The van der Waals surface area contributed by atoms with Crippen LogP contribution in [0.3, 0.4) is 0 Å². The predicted molar refractivity (Wildman–Crippen MR) is 51.3 cm³/mol. The Hall–Kier alpha value is -0.810. The van der Waals surface area contributed by atoms with Crippen molar-refractivity contribution in [3.8, 4) is 0 Å². The van der Waals surface area contributed by atoms with Crippen molar-refractivity contribution >= 4 is 12.4 Å². The SMILES string of the molecule is CC(N)c1ccc(C(F)(F)F)cc1F.Cl. The summed E-state index contributed by atoms with van der Waals surface area (Å²) >= 11 is 0. The fourth-order valence-electron chi connectivity index (χ4n) is 1.07. The van der Waals surface area contributed by atoms with Crippen LogP contribution >= 0.6 is 12.4 Å². The number of nitrogens with two attached hydrogens (primary N) is 1. The molecule has 1 unspecified atom stereocenters. The Morgan fingerprint density at radius 2 is 1.80 bits per heavy atom. The van der Waals surface area contributed by atoms with Crippen molar-refractivity contribution in [2.24, 2.45) is 5.73 Å². The molecule has 15 heavy (non-hydrogen) atoms. The summed E-state index contributed by atoms with van der Waals surface area (Å²) in [4.78, 5) is 0. The maximum absolute atomic E-state index is 13.1. The molecule has 0 aromatic heterocycles. The fourth-order valence-corrected chi connectivity index (χ4v) is 1.07. The van der Waals surface area contributed by atoms with Crippen LogP contribution in [-0.2, 0) is 6.18 Å². The van der Waals surface area contributed by atoms with Crippen LogP contribution in [0, 0.1) is 5.82 Å². The van der Waals surface area contributed by atoms with Gasteiger partial charge in [0.05, 0.1) is 5.56 Å². The molecule has 0 amide bonds. The van der Waals surface area contributed by atoms with E-state index in [4.69, 9.17) is 5.73 Å². The van der Waals surface area contributed by atoms with E-state index in [9.17, 15) is 17.6 Å². The van der Waals surface area contributed by atoms with Crippen LogP contribution in [-0.4, -0.2) is 0 Å². The van der Waals surface area contributed by atoms with Crippen LogP contribution in [0.1, 0.15) is 24.1 Å². The number of halogens is 5. The predicted octanol–water partition coefficient (Wildman–Crippen LogP) is 3.29. The zero-order valence-electron chi connectivity index (χ0n) is 7.81. The second-order valence-corrected chi connectivity index (χ2v) is 3.02. The van der Waals surface area contributed by atoms with Gasteiger partial charge in [-0.2, -0.15) is 13.2 Å². The van der Waals surface area contributed by atoms with Crippen LogP contribution in [0.15, 0.2) is 18.2 Å². The minimum atomic E-state index is -4.52. The van der Waals surface area contributed by atoms with Gasteiger partial charge in [0.1, 0.15) is 5.82 Å². The molecule has 0 aliphatic carbocycles. The van der Waals surface area contributed by atoms with E-state index in [2.05, 4.69) is 0 Å². The van der Waals surface area contributed by atoms with Gasteiger partial charge in [-0.15, -0.1) is 12.4 Å². The number of hydrogen-bond acceptors (Lipinski definition) is 1. The lowest BCUT2D eigenvalue weighted by atomic mass is 10.1. The molecule has 1 atom stereocenters. The highest BCUT2D eigenvalue weighted by Crippen LogP contribution is 2.30. The van der Waals surface area contributed by atoms with Crippen LogP contribution in [0.4, 0.5) is 17.6 Å². The first-order valence-corrected chi connectivity index (χ1v) is 3.94. The van der Waals surface area contributed by atoms with Gasteiger partial charge >= 0.3 is 6.18 Å². The standard InChI is InChI=1S/C9H9F4N.ClH/c1-5(14)7-3-2-6(4-8(7)10)9(11,12)13;/h2-5H,14H2,1H3;1H. The lowest BCUT2D eigenvalue weighted by Crippen LogP contribution is -2.10. The molecule has 1 rings (SSSR count). The summed E-state index contributed by atoms with van der Waals surface area (Å²) in [6.45, 7) is 1.51. The van der Waals surface area contributed by atoms with E-state index >= 15 is 0 Å². The zero-order chi connectivity index (χ0) is 10.9. The molecular weight excluding hydrogens is 234 g/mol. The van der Waals surface area contributed by atoms with Crippen LogP contribution in [0.5, 0.6) is 0 Å². The van der Waals surface area contributed by atoms with Gasteiger partial charge < -0.3 is 5.73 Å². The Morgan fingerprint density at radius 3 is 2.13 bits per heavy atom. The first-order valence-electron chi connectivity index (χ1n) is 3.94. The first kappa shape index (κ1) is 14.2. The minimum absolute atomic E-state index is 0. The van der Waals surface area contributed by atoms with E-state index in [1.54, 1.807) is 0 Å². The van der Waals surface area contributed by atoms with Gasteiger partial charge in [0.2, 0.25) is 0 Å². The Bertz CT molecular complexity index is 335. The molecule has 0 radical (unpaired) electrons. The third kappa shape index (κ3) is 3.35. The number of hydrogen-bond donors (Lipinski definition) is 1. The zero-order valence-corrected chi connectivity index (χ0v) is 8.62. The third-order valence-electron chi connectivity index (χ3n) is 1.82. The molecule has 0 spiro atoms. The molecule has 1 aromatic carbocycles. The van der Waals surface area contributed by atoms with Crippen LogP contribution in [0.25, 0.3) is 0 Å². The fraction of sp³-hybridized carbons (Fsp3) is 0.333.